The third-order valence-electron chi connectivity index (χ3n) is 7.16. The van der Waals surface area contributed by atoms with E-state index >= 15 is 0 Å². The lowest BCUT2D eigenvalue weighted by Crippen LogP contribution is -2.13. The molecule has 182 valence electrons. The standard InChI is InChI=1S/C27H50O4/c28-26(29)24-20-16-12-8-4-2-1-3-5-9-13-17-21-25(27(30)31)23-19-15-11-7-6-10-14-18-22-24/h24-25H,1-23H2,(H,28,29)(H,30,31). The summed E-state index contributed by atoms with van der Waals surface area (Å²) in [5, 5.41) is 19.0. The molecule has 2 unspecified atom stereocenters. The number of carboxylic acids is 2. The number of carbonyl (C=O) groups is 2. The molecule has 0 radical (unpaired) electrons. The minimum absolute atomic E-state index is 0.142. The molecule has 2 N–H and O–H groups in total. The maximum Gasteiger partial charge on any atom is 0.306 e. The van der Waals surface area contributed by atoms with Gasteiger partial charge in [0.25, 0.3) is 0 Å². The number of rotatable bonds is 2. The second-order valence-electron chi connectivity index (χ2n) is 9.94. The summed E-state index contributed by atoms with van der Waals surface area (Å²) in [5.74, 6) is -1.48. The Bertz CT molecular complexity index is 409. The van der Waals surface area contributed by atoms with Gasteiger partial charge in [0.1, 0.15) is 0 Å². The average Bonchev–Trinajstić information content (AvgIpc) is 2.73. The molecule has 0 aromatic heterocycles. The summed E-state index contributed by atoms with van der Waals surface area (Å²) in [6.07, 6.45) is 26.0. The summed E-state index contributed by atoms with van der Waals surface area (Å²) in [7, 11) is 0. The normalized spacial score (nSPS) is 26.2. The molecule has 0 saturated heterocycles. The van der Waals surface area contributed by atoms with E-state index in [0.717, 1.165) is 64.2 Å². The quantitative estimate of drug-likeness (QED) is 0.454. The van der Waals surface area contributed by atoms with Gasteiger partial charge in [-0.2, -0.15) is 0 Å². The van der Waals surface area contributed by atoms with E-state index in [0.29, 0.717) is 0 Å². The Morgan fingerprint density at radius 3 is 0.677 bits per heavy atom. The van der Waals surface area contributed by atoms with Gasteiger partial charge in [0.05, 0.1) is 11.8 Å². The molecule has 2 atom stereocenters. The van der Waals surface area contributed by atoms with Crippen LogP contribution in [0.1, 0.15) is 148 Å². The lowest BCUT2D eigenvalue weighted by atomic mass is 9.94. The molecule has 0 aromatic carbocycles. The van der Waals surface area contributed by atoms with Crippen LogP contribution in [-0.2, 0) is 9.59 Å². The van der Waals surface area contributed by atoms with Gasteiger partial charge in [0, 0.05) is 0 Å². The van der Waals surface area contributed by atoms with E-state index in [4.69, 9.17) is 0 Å². The van der Waals surface area contributed by atoms with E-state index in [2.05, 4.69) is 0 Å². The van der Waals surface area contributed by atoms with Crippen molar-refractivity contribution >= 4 is 11.9 Å². The Labute approximate surface area is 191 Å². The fourth-order valence-electron chi connectivity index (χ4n) is 5.00. The lowest BCUT2D eigenvalue weighted by Gasteiger charge is -2.12. The molecule has 1 saturated carbocycles. The van der Waals surface area contributed by atoms with Crippen LogP contribution in [0.25, 0.3) is 0 Å². The highest BCUT2D eigenvalue weighted by atomic mass is 16.4. The molecule has 1 fully saturated rings. The summed E-state index contributed by atoms with van der Waals surface area (Å²) in [6.45, 7) is 0. The Kier molecular flexibility index (Phi) is 17.7. The topological polar surface area (TPSA) is 74.6 Å². The van der Waals surface area contributed by atoms with Gasteiger partial charge < -0.3 is 10.2 Å². The molecule has 1 rings (SSSR count). The van der Waals surface area contributed by atoms with Crippen molar-refractivity contribution in [2.24, 2.45) is 11.8 Å². The molecule has 1 aliphatic carbocycles. The third-order valence-corrected chi connectivity index (χ3v) is 7.16. The van der Waals surface area contributed by atoms with Crippen LogP contribution in [0.15, 0.2) is 0 Å². The van der Waals surface area contributed by atoms with Gasteiger partial charge in [-0.3, -0.25) is 9.59 Å². The molecule has 4 nitrogen and oxygen atoms in total. The second kappa shape index (κ2) is 19.6. The van der Waals surface area contributed by atoms with Gasteiger partial charge >= 0.3 is 11.9 Å². The average molecular weight is 439 g/mol. The van der Waals surface area contributed by atoms with Crippen molar-refractivity contribution < 1.29 is 19.8 Å². The first-order valence-corrected chi connectivity index (χ1v) is 13.6. The third kappa shape index (κ3) is 16.3. The summed E-state index contributed by atoms with van der Waals surface area (Å²) in [5.41, 5.74) is 0. The first kappa shape index (κ1) is 28.0. The number of carboxylic acid groups (broad SMARTS) is 2. The molecule has 0 heterocycles. The first-order valence-electron chi connectivity index (χ1n) is 13.6. The van der Waals surface area contributed by atoms with Crippen molar-refractivity contribution in [3.8, 4) is 0 Å². The number of hydrogen-bond donors (Lipinski definition) is 2. The lowest BCUT2D eigenvalue weighted by molar-refractivity contribution is -0.143. The van der Waals surface area contributed by atoms with Crippen molar-refractivity contribution in [1.82, 2.24) is 0 Å². The molecular weight excluding hydrogens is 388 g/mol. The summed E-state index contributed by atoms with van der Waals surface area (Å²) in [6, 6.07) is 0. The zero-order chi connectivity index (χ0) is 22.6. The fraction of sp³-hybridized carbons (Fsp3) is 0.926. The van der Waals surface area contributed by atoms with Gasteiger partial charge in [-0.05, 0) is 25.7 Å². The van der Waals surface area contributed by atoms with E-state index in [1.807, 2.05) is 0 Å². The fourth-order valence-corrected chi connectivity index (χ4v) is 5.00. The highest BCUT2D eigenvalue weighted by Crippen LogP contribution is 2.22. The van der Waals surface area contributed by atoms with E-state index in [-0.39, 0.29) is 11.8 Å². The molecular formula is C27H50O4. The molecule has 0 amide bonds. The number of aliphatic carboxylic acids is 2. The van der Waals surface area contributed by atoms with Gasteiger partial charge in [0.15, 0.2) is 0 Å². The molecule has 1 aliphatic rings. The zero-order valence-corrected chi connectivity index (χ0v) is 20.1. The van der Waals surface area contributed by atoms with Crippen LogP contribution < -0.4 is 0 Å². The van der Waals surface area contributed by atoms with E-state index in [1.165, 1.54) is 83.5 Å². The second-order valence-corrected chi connectivity index (χ2v) is 9.94. The van der Waals surface area contributed by atoms with E-state index in [9.17, 15) is 19.8 Å². The first-order chi connectivity index (χ1) is 15.1. The predicted octanol–water partition coefficient (Wildman–Crippen LogP) is 8.37. The summed E-state index contributed by atoms with van der Waals surface area (Å²) in [4.78, 5) is 23.0. The van der Waals surface area contributed by atoms with Crippen LogP contribution >= 0.6 is 0 Å². The van der Waals surface area contributed by atoms with Crippen LogP contribution in [-0.4, -0.2) is 22.2 Å². The zero-order valence-electron chi connectivity index (χ0n) is 20.1. The largest absolute Gasteiger partial charge is 0.481 e. The molecule has 31 heavy (non-hydrogen) atoms. The Morgan fingerprint density at radius 1 is 0.355 bits per heavy atom. The highest BCUT2D eigenvalue weighted by molar-refractivity contribution is 5.70. The van der Waals surface area contributed by atoms with Crippen molar-refractivity contribution in [1.29, 1.82) is 0 Å². The van der Waals surface area contributed by atoms with Gasteiger partial charge in [0.2, 0.25) is 0 Å². The maximum atomic E-state index is 11.5. The number of hydrogen-bond acceptors (Lipinski definition) is 2. The van der Waals surface area contributed by atoms with Crippen molar-refractivity contribution in [3.63, 3.8) is 0 Å². The molecule has 0 aromatic rings. The molecule has 4 heteroatoms. The summed E-state index contributed by atoms with van der Waals surface area (Å²) < 4.78 is 0. The van der Waals surface area contributed by atoms with Crippen molar-refractivity contribution in [2.45, 2.75) is 148 Å². The van der Waals surface area contributed by atoms with Crippen LogP contribution in [0.5, 0.6) is 0 Å². The Hall–Kier alpha value is -1.06. The molecule has 0 bridgehead atoms. The van der Waals surface area contributed by atoms with Crippen LogP contribution in [0, 0.1) is 11.8 Å². The van der Waals surface area contributed by atoms with Gasteiger partial charge in [-0.25, -0.2) is 0 Å². The summed E-state index contributed by atoms with van der Waals surface area (Å²) >= 11 is 0. The van der Waals surface area contributed by atoms with Crippen LogP contribution in [0.4, 0.5) is 0 Å². The monoisotopic (exact) mass is 438 g/mol. The van der Waals surface area contributed by atoms with E-state index in [1.54, 1.807) is 0 Å². The van der Waals surface area contributed by atoms with Crippen molar-refractivity contribution in [3.05, 3.63) is 0 Å². The van der Waals surface area contributed by atoms with Crippen molar-refractivity contribution in [2.75, 3.05) is 0 Å². The maximum absolute atomic E-state index is 11.5. The Balaban J connectivity index is 2.33. The van der Waals surface area contributed by atoms with Gasteiger partial charge in [-0.1, -0.05) is 122 Å². The smallest absolute Gasteiger partial charge is 0.306 e. The predicted molar refractivity (Wildman–Crippen MR) is 128 cm³/mol. The molecule has 0 aliphatic heterocycles. The van der Waals surface area contributed by atoms with Gasteiger partial charge in [-0.15, -0.1) is 0 Å². The van der Waals surface area contributed by atoms with Crippen LogP contribution in [0.2, 0.25) is 0 Å². The molecule has 0 spiro atoms. The highest BCUT2D eigenvalue weighted by Gasteiger charge is 2.17. The van der Waals surface area contributed by atoms with E-state index < -0.39 is 11.9 Å². The minimum atomic E-state index is -0.600. The van der Waals surface area contributed by atoms with Crippen LogP contribution in [0.3, 0.4) is 0 Å². The SMILES string of the molecule is O=C(O)C1CCCCCCCCCCCCCC(C(=O)O)CCCCCCCCCC1. The minimum Gasteiger partial charge on any atom is -0.481 e. The Morgan fingerprint density at radius 2 is 0.516 bits per heavy atom.